The average Bonchev–Trinajstić information content (AvgIpc) is 3.18. The van der Waals surface area contributed by atoms with Crippen LogP contribution in [0.5, 0.6) is 0 Å². The average molecular weight is 415 g/mol. The molecule has 1 atom stereocenters. The Labute approximate surface area is 172 Å². The standard InChI is InChI=1S/C22H23FN2O3S/c1-12-21(29-13(2)24-12)19(26)17-18(14-8-10-15(23)11-9-14)25(22(28)20(17)27)16-6-4-3-5-7-16/h8-11,16,18,27H,3-7H2,1-2H3. The first kappa shape index (κ1) is 19.8. The van der Waals surface area contributed by atoms with Crippen LogP contribution in [0.4, 0.5) is 4.39 Å². The second-order valence-electron chi connectivity index (χ2n) is 7.70. The van der Waals surface area contributed by atoms with Gasteiger partial charge in [0, 0.05) is 6.04 Å². The first-order valence-corrected chi connectivity index (χ1v) is 10.7. The molecule has 0 saturated heterocycles. The summed E-state index contributed by atoms with van der Waals surface area (Å²) in [5.74, 6) is -1.79. The van der Waals surface area contributed by atoms with Crippen LogP contribution in [-0.2, 0) is 4.79 Å². The summed E-state index contributed by atoms with van der Waals surface area (Å²) in [4.78, 5) is 32.9. The number of aryl methyl sites for hydroxylation is 2. The highest BCUT2D eigenvalue weighted by molar-refractivity contribution is 7.14. The number of amides is 1. The number of nitrogens with zero attached hydrogens (tertiary/aromatic N) is 2. The van der Waals surface area contributed by atoms with Crippen molar-refractivity contribution in [2.24, 2.45) is 0 Å². The van der Waals surface area contributed by atoms with Gasteiger partial charge in [-0.3, -0.25) is 9.59 Å². The number of Topliss-reactive ketones (excluding diaryl/α,β-unsaturated/α-hetero) is 1. The maximum atomic E-state index is 13.5. The molecule has 1 aliphatic heterocycles. The Morgan fingerprint density at radius 1 is 1.17 bits per heavy atom. The van der Waals surface area contributed by atoms with E-state index in [1.54, 1.807) is 24.0 Å². The van der Waals surface area contributed by atoms with Crippen molar-refractivity contribution >= 4 is 23.0 Å². The Kier molecular flexibility index (Phi) is 5.25. The molecule has 1 aromatic carbocycles. The van der Waals surface area contributed by atoms with Gasteiger partial charge in [-0.1, -0.05) is 31.4 Å². The van der Waals surface area contributed by atoms with Gasteiger partial charge in [0.15, 0.2) is 5.76 Å². The van der Waals surface area contributed by atoms with Crippen LogP contribution in [0.3, 0.4) is 0 Å². The van der Waals surface area contributed by atoms with E-state index in [1.165, 1.54) is 23.5 Å². The Morgan fingerprint density at radius 3 is 2.41 bits per heavy atom. The number of hydrogen-bond donors (Lipinski definition) is 1. The first-order valence-electron chi connectivity index (χ1n) is 9.88. The van der Waals surface area contributed by atoms with Gasteiger partial charge in [0.2, 0.25) is 5.78 Å². The normalized spacial score (nSPS) is 20.6. The van der Waals surface area contributed by atoms with Gasteiger partial charge in [0.25, 0.3) is 5.91 Å². The van der Waals surface area contributed by atoms with Crippen molar-refractivity contribution in [3.05, 3.63) is 62.6 Å². The maximum absolute atomic E-state index is 13.5. The summed E-state index contributed by atoms with van der Waals surface area (Å²) < 4.78 is 13.5. The van der Waals surface area contributed by atoms with Crippen LogP contribution in [0.1, 0.15) is 64.1 Å². The number of benzene rings is 1. The lowest BCUT2D eigenvalue weighted by molar-refractivity contribution is -0.132. The van der Waals surface area contributed by atoms with Gasteiger partial charge in [0.1, 0.15) is 5.82 Å². The minimum absolute atomic E-state index is 0.0527. The zero-order chi connectivity index (χ0) is 20.7. The lowest BCUT2D eigenvalue weighted by Crippen LogP contribution is -2.41. The first-order chi connectivity index (χ1) is 13.9. The molecule has 1 fully saturated rings. The molecule has 5 nitrogen and oxygen atoms in total. The van der Waals surface area contributed by atoms with Crippen molar-refractivity contribution in [1.29, 1.82) is 0 Å². The second kappa shape index (κ2) is 7.71. The van der Waals surface area contributed by atoms with Crippen LogP contribution < -0.4 is 0 Å². The zero-order valence-corrected chi connectivity index (χ0v) is 17.3. The number of rotatable bonds is 4. The van der Waals surface area contributed by atoms with E-state index in [2.05, 4.69) is 4.98 Å². The number of carbonyl (C=O) groups is 2. The van der Waals surface area contributed by atoms with Crippen LogP contribution >= 0.6 is 11.3 Å². The monoisotopic (exact) mass is 414 g/mol. The minimum atomic E-state index is -0.722. The van der Waals surface area contributed by atoms with Crippen LogP contribution in [0.25, 0.3) is 0 Å². The van der Waals surface area contributed by atoms with Gasteiger partial charge in [-0.2, -0.15) is 0 Å². The van der Waals surface area contributed by atoms with E-state index in [9.17, 15) is 19.1 Å². The molecule has 1 amide bonds. The number of hydrogen-bond acceptors (Lipinski definition) is 5. The van der Waals surface area contributed by atoms with E-state index in [-0.39, 0.29) is 17.4 Å². The smallest absolute Gasteiger partial charge is 0.290 e. The fourth-order valence-corrected chi connectivity index (χ4v) is 5.30. The second-order valence-corrected chi connectivity index (χ2v) is 8.90. The van der Waals surface area contributed by atoms with Gasteiger partial charge < -0.3 is 10.0 Å². The maximum Gasteiger partial charge on any atom is 0.290 e. The molecular formula is C22H23FN2O3S. The lowest BCUT2D eigenvalue weighted by Gasteiger charge is -2.36. The quantitative estimate of drug-likeness (QED) is 0.729. The summed E-state index contributed by atoms with van der Waals surface area (Å²) >= 11 is 1.25. The van der Waals surface area contributed by atoms with Gasteiger partial charge in [0.05, 0.1) is 27.2 Å². The summed E-state index contributed by atoms with van der Waals surface area (Å²) in [6.07, 6.45) is 4.78. The molecule has 2 aliphatic rings. The van der Waals surface area contributed by atoms with E-state index in [0.717, 1.165) is 37.1 Å². The van der Waals surface area contributed by atoms with Crippen LogP contribution in [0, 0.1) is 19.7 Å². The number of halogens is 1. The molecule has 7 heteroatoms. The van der Waals surface area contributed by atoms with Crippen molar-refractivity contribution in [2.45, 2.75) is 58.0 Å². The Hall–Kier alpha value is -2.54. The van der Waals surface area contributed by atoms with Crippen LogP contribution in [0.2, 0.25) is 0 Å². The lowest BCUT2D eigenvalue weighted by atomic mass is 9.90. The number of ketones is 1. The molecule has 152 valence electrons. The minimum Gasteiger partial charge on any atom is -0.503 e. The molecule has 1 saturated carbocycles. The van der Waals surface area contributed by atoms with Crippen molar-refractivity contribution in [3.8, 4) is 0 Å². The molecule has 1 N–H and O–H groups in total. The van der Waals surface area contributed by atoms with E-state index < -0.39 is 23.5 Å². The summed E-state index contributed by atoms with van der Waals surface area (Å²) in [7, 11) is 0. The van der Waals surface area contributed by atoms with Crippen LogP contribution in [0.15, 0.2) is 35.6 Å². The summed E-state index contributed by atoms with van der Waals surface area (Å²) in [6, 6.07) is 5.03. The molecule has 0 spiro atoms. The van der Waals surface area contributed by atoms with E-state index in [1.807, 2.05) is 6.92 Å². The summed E-state index contributed by atoms with van der Waals surface area (Å²) in [5.41, 5.74) is 1.27. The predicted octanol–water partition coefficient (Wildman–Crippen LogP) is 4.81. The Morgan fingerprint density at radius 2 is 1.83 bits per heavy atom. The number of aliphatic hydroxyl groups excluding tert-OH is 1. The molecule has 2 aromatic rings. The number of aliphatic hydroxyl groups is 1. The summed E-state index contributed by atoms with van der Waals surface area (Å²) in [6.45, 7) is 3.56. The van der Waals surface area contributed by atoms with Gasteiger partial charge in [-0.25, -0.2) is 9.37 Å². The zero-order valence-electron chi connectivity index (χ0n) is 16.4. The van der Waals surface area contributed by atoms with E-state index in [4.69, 9.17) is 0 Å². The van der Waals surface area contributed by atoms with Crippen molar-refractivity contribution in [3.63, 3.8) is 0 Å². The highest BCUT2D eigenvalue weighted by Gasteiger charge is 2.47. The largest absolute Gasteiger partial charge is 0.503 e. The van der Waals surface area contributed by atoms with E-state index >= 15 is 0 Å². The SMILES string of the molecule is Cc1nc(C)c(C(=O)C2=C(O)C(=O)N(C3CCCCC3)C2c2ccc(F)cc2)s1. The number of thiazole rings is 1. The summed E-state index contributed by atoms with van der Waals surface area (Å²) in [5, 5.41) is 11.5. The molecule has 29 heavy (non-hydrogen) atoms. The van der Waals surface area contributed by atoms with Gasteiger partial charge in [-0.15, -0.1) is 11.3 Å². The number of aromatic nitrogens is 1. The molecule has 1 aliphatic carbocycles. The third-order valence-electron chi connectivity index (χ3n) is 5.75. The fraction of sp³-hybridized carbons (Fsp3) is 0.409. The van der Waals surface area contributed by atoms with Gasteiger partial charge >= 0.3 is 0 Å². The van der Waals surface area contributed by atoms with Crippen molar-refractivity contribution in [2.75, 3.05) is 0 Å². The topological polar surface area (TPSA) is 70.5 Å². The third-order valence-corrected chi connectivity index (χ3v) is 6.82. The number of carbonyl (C=O) groups excluding carboxylic acids is 2. The molecular weight excluding hydrogens is 391 g/mol. The van der Waals surface area contributed by atoms with E-state index in [0.29, 0.717) is 16.1 Å². The molecule has 1 aromatic heterocycles. The van der Waals surface area contributed by atoms with Crippen LogP contribution in [-0.4, -0.2) is 32.7 Å². The molecule has 1 unspecified atom stereocenters. The van der Waals surface area contributed by atoms with Crippen molar-refractivity contribution < 1.29 is 19.1 Å². The fourth-order valence-electron chi connectivity index (χ4n) is 4.43. The third kappa shape index (κ3) is 3.48. The van der Waals surface area contributed by atoms with Gasteiger partial charge in [-0.05, 0) is 44.4 Å². The molecule has 4 rings (SSSR count). The molecule has 2 heterocycles. The molecule has 0 radical (unpaired) electrons. The molecule has 0 bridgehead atoms. The highest BCUT2D eigenvalue weighted by Crippen LogP contribution is 2.43. The predicted molar refractivity (Wildman–Crippen MR) is 108 cm³/mol. The Balaban J connectivity index is 1.82. The highest BCUT2D eigenvalue weighted by atomic mass is 32.1. The Bertz CT molecular complexity index is 990. The van der Waals surface area contributed by atoms with Crippen molar-refractivity contribution in [1.82, 2.24) is 9.88 Å².